The molecule has 1 heterocycles. The van der Waals surface area contributed by atoms with Gasteiger partial charge in [0.05, 0.1) is 0 Å². The van der Waals surface area contributed by atoms with Crippen molar-refractivity contribution < 1.29 is 24.5 Å². The van der Waals surface area contributed by atoms with Gasteiger partial charge >= 0.3 is 5.97 Å². The van der Waals surface area contributed by atoms with Gasteiger partial charge in [0, 0.05) is 35.1 Å². The Bertz CT molecular complexity index is 1130. The van der Waals surface area contributed by atoms with Gasteiger partial charge in [0.25, 0.3) is 0 Å². The number of phenols is 1. The van der Waals surface area contributed by atoms with Crippen LogP contribution in [0.25, 0.3) is 11.4 Å². The second-order valence-corrected chi connectivity index (χ2v) is 8.03. The normalized spacial score (nSPS) is 10.8. The van der Waals surface area contributed by atoms with Crippen molar-refractivity contribution in [3.05, 3.63) is 66.0 Å². The molecule has 0 aliphatic rings. The van der Waals surface area contributed by atoms with Crippen molar-refractivity contribution >= 4 is 17.6 Å². The number of nitrogens with one attached hydrogen (secondary N) is 1. The molecule has 3 N–H and O–H groups in total. The molecule has 0 saturated heterocycles. The third kappa shape index (κ3) is 6.54. The quantitative estimate of drug-likeness (QED) is 0.353. The molecule has 34 heavy (non-hydrogen) atoms. The van der Waals surface area contributed by atoms with Crippen LogP contribution in [-0.4, -0.2) is 32.1 Å². The number of nitrogens with zero attached hydrogens (tertiary/aromatic N) is 2. The van der Waals surface area contributed by atoms with Gasteiger partial charge in [0.1, 0.15) is 23.7 Å². The zero-order valence-corrected chi connectivity index (χ0v) is 19.3. The van der Waals surface area contributed by atoms with Gasteiger partial charge in [-0.05, 0) is 43.2 Å². The first kappa shape index (κ1) is 24.7. The number of aromatic nitrogens is 2. The third-order valence-electron chi connectivity index (χ3n) is 5.34. The summed E-state index contributed by atoms with van der Waals surface area (Å²) in [5.74, 6) is -0.690. The van der Waals surface area contributed by atoms with E-state index >= 15 is 0 Å². The average Bonchev–Trinajstić information content (AvgIpc) is 2.83. The summed E-state index contributed by atoms with van der Waals surface area (Å²) in [6.45, 7) is 4.30. The molecule has 0 bridgehead atoms. The molecule has 178 valence electrons. The van der Waals surface area contributed by atoms with Gasteiger partial charge in [-0.3, -0.25) is 4.79 Å². The fourth-order valence-corrected chi connectivity index (χ4v) is 3.61. The Morgan fingerprint density at radius 3 is 2.38 bits per heavy atom. The first-order chi connectivity index (χ1) is 16.4. The number of carbonyl (C=O) groups is 2. The van der Waals surface area contributed by atoms with Crippen molar-refractivity contribution in [2.24, 2.45) is 5.92 Å². The summed E-state index contributed by atoms with van der Waals surface area (Å²) >= 11 is 0. The van der Waals surface area contributed by atoms with E-state index in [1.54, 1.807) is 12.4 Å². The smallest absolute Gasteiger partial charge is 0.339 e. The van der Waals surface area contributed by atoms with E-state index in [4.69, 9.17) is 9.84 Å². The number of aromatic carboxylic acids is 1. The van der Waals surface area contributed by atoms with Crippen LogP contribution in [0.2, 0.25) is 0 Å². The van der Waals surface area contributed by atoms with Gasteiger partial charge in [0.2, 0.25) is 5.91 Å². The molecule has 1 amide bonds. The standard InChI is InChI=1S/C26H29N3O5/c1-3-6-18(7-4-2)25(31)29-20-9-5-8-19(12-20)24-27-14-17(15-28-24)16-34-21-10-11-23(30)22(13-21)26(32)33/h5,8-15,18,30H,3-4,6-7,16H2,1-2H3,(H,29,31)(H,32,33). The maximum absolute atomic E-state index is 12.6. The molecular formula is C26H29N3O5. The molecule has 0 unspecified atom stereocenters. The highest BCUT2D eigenvalue weighted by Crippen LogP contribution is 2.24. The molecule has 0 spiro atoms. The lowest BCUT2D eigenvalue weighted by atomic mass is 9.97. The van der Waals surface area contributed by atoms with Gasteiger partial charge in [-0.1, -0.05) is 38.8 Å². The number of rotatable bonds is 11. The summed E-state index contributed by atoms with van der Waals surface area (Å²) in [7, 11) is 0. The van der Waals surface area contributed by atoms with E-state index in [-0.39, 0.29) is 29.7 Å². The van der Waals surface area contributed by atoms with Crippen molar-refractivity contribution in [1.82, 2.24) is 9.97 Å². The van der Waals surface area contributed by atoms with E-state index in [1.807, 2.05) is 24.3 Å². The summed E-state index contributed by atoms with van der Waals surface area (Å²) < 4.78 is 5.61. The number of hydrogen-bond donors (Lipinski definition) is 3. The molecule has 3 rings (SSSR count). The topological polar surface area (TPSA) is 122 Å². The minimum absolute atomic E-state index is 0.00866. The van der Waals surface area contributed by atoms with E-state index in [1.165, 1.54) is 18.2 Å². The molecule has 0 aliphatic heterocycles. The number of carboxylic acid groups (broad SMARTS) is 1. The van der Waals surface area contributed by atoms with E-state index < -0.39 is 5.97 Å². The van der Waals surface area contributed by atoms with E-state index in [0.29, 0.717) is 22.8 Å². The van der Waals surface area contributed by atoms with Crippen LogP contribution in [0, 0.1) is 5.92 Å². The van der Waals surface area contributed by atoms with E-state index in [2.05, 4.69) is 29.1 Å². The van der Waals surface area contributed by atoms with Gasteiger partial charge in [-0.2, -0.15) is 0 Å². The number of ether oxygens (including phenoxy) is 1. The molecule has 8 nitrogen and oxygen atoms in total. The number of aromatic hydroxyl groups is 1. The Hall–Kier alpha value is -3.94. The van der Waals surface area contributed by atoms with E-state index in [0.717, 1.165) is 31.2 Å². The summed E-state index contributed by atoms with van der Waals surface area (Å²) in [6, 6.07) is 11.5. The number of anilines is 1. The number of benzene rings is 2. The molecule has 0 atom stereocenters. The highest BCUT2D eigenvalue weighted by molar-refractivity contribution is 5.93. The first-order valence-corrected chi connectivity index (χ1v) is 11.3. The minimum Gasteiger partial charge on any atom is -0.507 e. The predicted molar refractivity (Wildman–Crippen MR) is 129 cm³/mol. The molecule has 0 aliphatic carbocycles. The molecule has 0 fully saturated rings. The molecule has 2 aromatic carbocycles. The van der Waals surface area contributed by atoms with Crippen LogP contribution in [-0.2, 0) is 11.4 Å². The van der Waals surface area contributed by atoms with Crippen molar-refractivity contribution in [2.75, 3.05) is 5.32 Å². The molecule has 0 radical (unpaired) electrons. The minimum atomic E-state index is -1.24. The summed E-state index contributed by atoms with van der Waals surface area (Å²) in [6.07, 6.45) is 6.93. The maximum Gasteiger partial charge on any atom is 0.339 e. The van der Waals surface area contributed by atoms with Crippen LogP contribution in [0.4, 0.5) is 5.69 Å². The van der Waals surface area contributed by atoms with Crippen molar-refractivity contribution in [3.8, 4) is 22.9 Å². The van der Waals surface area contributed by atoms with Crippen molar-refractivity contribution in [2.45, 2.75) is 46.1 Å². The van der Waals surface area contributed by atoms with Crippen molar-refractivity contribution in [3.63, 3.8) is 0 Å². The number of carbonyl (C=O) groups excluding carboxylic acids is 1. The van der Waals surface area contributed by atoms with Crippen LogP contribution in [0.3, 0.4) is 0 Å². The van der Waals surface area contributed by atoms with Gasteiger partial charge in [-0.25, -0.2) is 14.8 Å². The molecule has 8 heteroatoms. The second-order valence-electron chi connectivity index (χ2n) is 8.03. The SMILES string of the molecule is CCCC(CCC)C(=O)Nc1cccc(-c2ncc(COc3ccc(O)c(C(=O)O)c3)cn2)c1. The summed E-state index contributed by atoms with van der Waals surface area (Å²) in [5, 5.41) is 21.7. The maximum atomic E-state index is 12.6. The second kappa shape index (κ2) is 11.8. The molecular weight excluding hydrogens is 434 g/mol. The summed E-state index contributed by atoms with van der Waals surface area (Å²) in [5.41, 5.74) is 1.95. The zero-order valence-electron chi connectivity index (χ0n) is 19.3. The van der Waals surface area contributed by atoms with Gasteiger partial charge in [0.15, 0.2) is 5.82 Å². The molecule has 0 saturated carbocycles. The van der Waals surface area contributed by atoms with Gasteiger partial charge in [-0.15, -0.1) is 0 Å². The molecule has 3 aromatic rings. The highest BCUT2D eigenvalue weighted by Gasteiger charge is 2.17. The highest BCUT2D eigenvalue weighted by atomic mass is 16.5. The van der Waals surface area contributed by atoms with Crippen LogP contribution >= 0.6 is 0 Å². The third-order valence-corrected chi connectivity index (χ3v) is 5.34. The zero-order chi connectivity index (χ0) is 24.5. The number of hydrogen-bond acceptors (Lipinski definition) is 6. The number of amides is 1. The van der Waals surface area contributed by atoms with Crippen LogP contribution in [0.1, 0.15) is 55.5 Å². The Labute approximate surface area is 198 Å². The Balaban J connectivity index is 1.65. The Kier molecular flexibility index (Phi) is 8.56. The lowest BCUT2D eigenvalue weighted by Crippen LogP contribution is -2.22. The first-order valence-electron chi connectivity index (χ1n) is 11.3. The van der Waals surface area contributed by atoms with Crippen LogP contribution in [0.5, 0.6) is 11.5 Å². The van der Waals surface area contributed by atoms with Gasteiger partial charge < -0.3 is 20.3 Å². The van der Waals surface area contributed by atoms with Crippen molar-refractivity contribution in [1.29, 1.82) is 0 Å². The lowest BCUT2D eigenvalue weighted by Gasteiger charge is -2.15. The lowest BCUT2D eigenvalue weighted by molar-refractivity contribution is -0.120. The number of carboxylic acids is 1. The average molecular weight is 464 g/mol. The fourth-order valence-electron chi connectivity index (χ4n) is 3.61. The molecule has 1 aromatic heterocycles. The largest absolute Gasteiger partial charge is 0.507 e. The van der Waals surface area contributed by atoms with Crippen LogP contribution < -0.4 is 10.1 Å². The van der Waals surface area contributed by atoms with E-state index in [9.17, 15) is 14.7 Å². The summed E-state index contributed by atoms with van der Waals surface area (Å²) in [4.78, 5) is 32.6. The Morgan fingerprint density at radius 1 is 1.03 bits per heavy atom. The Morgan fingerprint density at radius 2 is 1.74 bits per heavy atom. The monoisotopic (exact) mass is 463 g/mol. The predicted octanol–water partition coefficient (Wildman–Crippen LogP) is 5.28. The fraction of sp³-hybridized carbons (Fsp3) is 0.308. The van der Waals surface area contributed by atoms with Crippen LogP contribution in [0.15, 0.2) is 54.9 Å².